The molecule has 1 fully saturated rings. The highest BCUT2D eigenvalue weighted by atomic mass is 32.2. The summed E-state index contributed by atoms with van der Waals surface area (Å²) in [6.45, 7) is 6.60. The number of hydrogen-bond acceptors (Lipinski definition) is 5. The van der Waals surface area contributed by atoms with Gasteiger partial charge in [0.25, 0.3) is 0 Å². The number of nitrogens with one attached hydrogen (secondary N) is 1. The van der Waals surface area contributed by atoms with Crippen molar-refractivity contribution in [2.24, 2.45) is 0 Å². The van der Waals surface area contributed by atoms with Crippen molar-refractivity contribution in [3.05, 3.63) is 109 Å². The average molecular weight is 555 g/mol. The lowest BCUT2D eigenvalue weighted by Crippen LogP contribution is -2.55. The Morgan fingerprint density at radius 1 is 0.763 bits per heavy atom. The van der Waals surface area contributed by atoms with Crippen LogP contribution >= 0.6 is 0 Å². The molecule has 4 rings (SSSR count). The van der Waals surface area contributed by atoms with E-state index >= 15 is 0 Å². The molecule has 0 aromatic heterocycles. The van der Waals surface area contributed by atoms with E-state index in [2.05, 4.69) is 11.9 Å². The summed E-state index contributed by atoms with van der Waals surface area (Å²) in [6, 6.07) is 26.5. The molecule has 1 aliphatic heterocycles. The van der Waals surface area contributed by atoms with E-state index in [-0.39, 0.29) is 33.3 Å². The summed E-state index contributed by atoms with van der Waals surface area (Å²) in [5.74, 6) is 0. The summed E-state index contributed by atoms with van der Waals surface area (Å²) < 4.78 is 57.0. The van der Waals surface area contributed by atoms with Gasteiger partial charge in [0.05, 0.1) is 11.4 Å². The number of hydrogen-bond donors (Lipinski definition) is 1. The summed E-state index contributed by atoms with van der Waals surface area (Å²) in [5.41, 5.74) is 1.46. The minimum Gasteiger partial charge on any atom is -0.316 e. The molecule has 1 aliphatic rings. The first-order valence-electron chi connectivity index (χ1n) is 12.9. The lowest BCUT2D eigenvalue weighted by molar-refractivity contribution is -0.815. The van der Waals surface area contributed by atoms with Gasteiger partial charge in [0, 0.05) is 31.6 Å². The molecule has 0 aliphatic carbocycles. The monoisotopic (exact) mass is 554 g/mol. The largest absolute Gasteiger partial charge is 0.327 e. The molecule has 0 amide bonds. The third kappa shape index (κ3) is 6.42. The first-order chi connectivity index (χ1) is 18.2. The van der Waals surface area contributed by atoms with Crippen molar-refractivity contribution in [3.63, 3.8) is 0 Å². The van der Waals surface area contributed by atoms with Gasteiger partial charge in [0.15, 0.2) is 0 Å². The maximum absolute atomic E-state index is 14.4. The second kappa shape index (κ2) is 12.4. The summed E-state index contributed by atoms with van der Waals surface area (Å²) >= 11 is 0. The SMILES string of the molecule is C=C1CN(S(=O)(=O)c2ccccc2)CCCNCCC[N+](Cc2ccccc2)(S(=O)(=O)c2ccccc2)C1. The van der Waals surface area contributed by atoms with Crippen LogP contribution in [0.25, 0.3) is 0 Å². The molecule has 3 aromatic carbocycles. The van der Waals surface area contributed by atoms with E-state index in [9.17, 15) is 16.8 Å². The van der Waals surface area contributed by atoms with Crippen LogP contribution in [-0.2, 0) is 26.6 Å². The molecule has 1 heterocycles. The number of rotatable bonds is 6. The maximum atomic E-state index is 14.4. The Bertz CT molecular complexity index is 1410. The van der Waals surface area contributed by atoms with Gasteiger partial charge in [-0.1, -0.05) is 73.3 Å². The van der Waals surface area contributed by atoms with E-state index in [1.54, 1.807) is 60.7 Å². The van der Waals surface area contributed by atoms with Gasteiger partial charge >= 0.3 is 10.0 Å². The van der Waals surface area contributed by atoms with Gasteiger partial charge < -0.3 is 5.32 Å². The summed E-state index contributed by atoms with van der Waals surface area (Å²) in [6.07, 6.45) is 1.30. The van der Waals surface area contributed by atoms with Crippen molar-refractivity contribution in [2.75, 3.05) is 39.3 Å². The maximum Gasteiger partial charge on any atom is 0.327 e. The van der Waals surface area contributed by atoms with Gasteiger partial charge in [-0.2, -0.15) is 12.7 Å². The second-order valence-electron chi connectivity index (χ2n) is 9.73. The van der Waals surface area contributed by atoms with Gasteiger partial charge in [0.2, 0.25) is 10.0 Å². The Kier molecular flexibility index (Phi) is 9.17. The minimum atomic E-state index is -3.87. The zero-order valence-electron chi connectivity index (χ0n) is 21.6. The molecule has 1 unspecified atom stereocenters. The molecule has 7 nitrogen and oxygen atoms in total. The fourth-order valence-corrected chi connectivity index (χ4v) is 8.48. The van der Waals surface area contributed by atoms with Gasteiger partial charge in [-0.15, -0.1) is 0 Å². The van der Waals surface area contributed by atoms with E-state index in [1.807, 2.05) is 30.3 Å². The fraction of sp³-hybridized carbons (Fsp3) is 0.310. The molecule has 0 radical (unpaired) electrons. The fourth-order valence-electron chi connectivity index (χ4n) is 4.97. The highest BCUT2D eigenvalue weighted by Gasteiger charge is 2.44. The predicted octanol–water partition coefficient (Wildman–Crippen LogP) is 4.02. The molecule has 3 aromatic rings. The molecular weight excluding hydrogens is 518 g/mol. The van der Waals surface area contributed by atoms with Gasteiger partial charge in [-0.25, -0.2) is 12.3 Å². The van der Waals surface area contributed by atoms with Crippen LogP contribution in [0.1, 0.15) is 18.4 Å². The summed E-state index contributed by atoms with van der Waals surface area (Å²) in [7, 11) is -7.65. The van der Waals surface area contributed by atoms with Gasteiger partial charge in [-0.05, 0) is 42.8 Å². The number of benzene rings is 3. The Labute approximate surface area is 227 Å². The molecule has 1 N–H and O–H groups in total. The van der Waals surface area contributed by atoms with Crippen molar-refractivity contribution in [1.82, 2.24) is 9.62 Å². The van der Waals surface area contributed by atoms with E-state index in [0.717, 1.165) is 5.56 Å². The van der Waals surface area contributed by atoms with E-state index < -0.39 is 20.0 Å². The van der Waals surface area contributed by atoms with Crippen molar-refractivity contribution >= 4 is 20.0 Å². The van der Waals surface area contributed by atoms with E-state index in [1.165, 1.54) is 4.31 Å². The molecule has 1 saturated heterocycles. The van der Waals surface area contributed by atoms with Crippen LogP contribution in [0.3, 0.4) is 0 Å². The first-order valence-corrected chi connectivity index (χ1v) is 15.8. The Hall–Kier alpha value is -2.82. The van der Waals surface area contributed by atoms with Crippen LogP contribution in [0.15, 0.2) is 113 Å². The highest BCUT2D eigenvalue weighted by Crippen LogP contribution is 2.30. The Morgan fingerprint density at radius 3 is 1.95 bits per heavy atom. The van der Waals surface area contributed by atoms with Crippen LogP contribution in [0, 0.1) is 0 Å². The van der Waals surface area contributed by atoms with Crippen LogP contribution < -0.4 is 5.32 Å². The quantitative estimate of drug-likeness (QED) is 0.368. The smallest absolute Gasteiger partial charge is 0.316 e. The number of nitrogens with zero attached hydrogens (tertiary/aromatic N) is 2. The van der Waals surface area contributed by atoms with Crippen molar-refractivity contribution in [1.29, 1.82) is 0 Å². The molecule has 0 spiro atoms. The molecular formula is C29H36N3O4S2+. The molecule has 9 heteroatoms. The number of sulfonamides is 2. The average Bonchev–Trinajstić information content (AvgIpc) is 2.92. The minimum absolute atomic E-state index is 0.0519. The predicted molar refractivity (Wildman–Crippen MR) is 150 cm³/mol. The lowest BCUT2D eigenvalue weighted by Gasteiger charge is -2.38. The van der Waals surface area contributed by atoms with Crippen molar-refractivity contribution < 1.29 is 20.7 Å². The van der Waals surface area contributed by atoms with Crippen LogP contribution in [0.5, 0.6) is 0 Å². The van der Waals surface area contributed by atoms with Gasteiger partial charge in [0.1, 0.15) is 18.0 Å². The van der Waals surface area contributed by atoms with Crippen molar-refractivity contribution in [2.45, 2.75) is 29.2 Å². The Morgan fingerprint density at radius 2 is 1.32 bits per heavy atom. The van der Waals surface area contributed by atoms with E-state index in [0.29, 0.717) is 44.6 Å². The topological polar surface area (TPSA) is 83.6 Å². The first kappa shape index (κ1) is 28.2. The molecule has 38 heavy (non-hydrogen) atoms. The molecule has 0 bridgehead atoms. The zero-order chi connectivity index (χ0) is 27.1. The third-order valence-corrected chi connectivity index (χ3v) is 11.0. The second-order valence-corrected chi connectivity index (χ2v) is 13.9. The molecule has 0 saturated carbocycles. The zero-order valence-corrected chi connectivity index (χ0v) is 23.2. The lowest BCUT2D eigenvalue weighted by atomic mass is 10.1. The normalized spacial score (nSPS) is 20.8. The van der Waals surface area contributed by atoms with Crippen molar-refractivity contribution in [3.8, 4) is 0 Å². The van der Waals surface area contributed by atoms with Crippen LogP contribution in [-0.4, -0.2) is 64.3 Å². The van der Waals surface area contributed by atoms with E-state index in [4.69, 9.17) is 0 Å². The number of quaternary nitrogens is 1. The van der Waals surface area contributed by atoms with Crippen LogP contribution in [0.4, 0.5) is 0 Å². The van der Waals surface area contributed by atoms with Crippen LogP contribution in [0.2, 0.25) is 0 Å². The summed E-state index contributed by atoms with van der Waals surface area (Å²) in [4.78, 5) is 0.465. The highest BCUT2D eigenvalue weighted by molar-refractivity contribution is 7.89. The van der Waals surface area contributed by atoms with Gasteiger partial charge in [-0.3, -0.25) is 0 Å². The summed E-state index contributed by atoms with van der Waals surface area (Å²) in [5, 5.41) is 3.37. The molecule has 202 valence electrons. The Balaban J connectivity index is 1.76. The molecule has 1 atom stereocenters. The standard InChI is InChI=1S/C29H36N3O4S2/c1-26-23-31(37(33,34)28-15-7-3-8-16-28)21-11-19-30-20-12-22-32(24-26,25-27-13-5-2-6-14-27)38(35,36)29-17-9-4-10-18-29/h2-10,13-18,30H,1,11-12,19-25H2/q+1. The third-order valence-electron chi connectivity index (χ3n) is 6.84.